The van der Waals surface area contributed by atoms with Crippen molar-refractivity contribution in [2.45, 2.75) is 12.5 Å². The molecule has 136 valence electrons. The summed E-state index contributed by atoms with van der Waals surface area (Å²) in [5.41, 5.74) is 1.35. The first kappa shape index (κ1) is 17.5. The van der Waals surface area contributed by atoms with Crippen molar-refractivity contribution in [2.75, 3.05) is 6.61 Å². The predicted molar refractivity (Wildman–Crippen MR) is 105 cm³/mol. The number of ether oxygens (including phenoxy) is 2. The number of halogens is 1. The number of hydrogen-bond donors (Lipinski definition) is 1. The van der Waals surface area contributed by atoms with Gasteiger partial charge in [-0.15, -0.1) is 0 Å². The highest BCUT2D eigenvalue weighted by molar-refractivity contribution is 9.10. The molecule has 1 unspecified atom stereocenters. The van der Waals surface area contributed by atoms with Crippen LogP contribution in [0.5, 0.6) is 17.4 Å². The van der Waals surface area contributed by atoms with Crippen molar-refractivity contribution in [3.63, 3.8) is 0 Å². The number of amides is 1. The van der Waals surface area contributed by atoms with Crippen molar-refractivity contribution in [2.24, 2.45) is 0 Å². The molecule has 2 aromatic carbocycles. The normalized spacial score (nSPS) is 15.4. The number of nitrogens with zero attached hydrogens (tertiary/aromatic N) is 1. The van der Waals surface area contributed by atoms with Gasteiger partial charge in [-0.3, -0.25) is 4.79 Å². The van der Waals surface area contributed by atoms with Gasteiger partial charge in [0, 0.05) is 22.7 Å². The van der Waals surface area contributed by atoms with Crippen LogP contribution in [0, 0.1) is 0 Å². The summed E-state index contributed by atoms with van der Waals surface area (Å²) in [6, 6.07) is 18.4. The molecule has 5 nitrogen and oxygen atoms in total. The Kier molecular flexibility index (Phi) is 5.07. The van der Waals surface area contributed by atoms with Crippen LogP contribution in [-0.4, -0.2) is 17.5 Å². The van der Waals surface area contributed by atoms with Gasteiger partial charge in [0.2, 0.25) is 5.88 Å². The number of carbonyl (C=O) groups is 1. The average Bonchev–Trinajstić information content (AvgIpc) is 2.69. The number of para-hydroxylation sites is 1. The van der Waals surface area contributed by atoms with Crippen molar-refractivity contribution in [1.82, 2.24) is 10.3 Å². The van der Waals surface area contributed by atoms with Gasteiger partial charge in [-0.05, 0) is 42.5 Å². The smallest absolute Gasteiger partial charge is 0.257 e. The van der Waals surface area contributed by atoms with Crippen LogP contribution in [0.1, 0.15) is 28.4 Å². The van der Waals surface area contributed by atoms with E-state index in [1.54, 1.807) is 18.3 Å². The van der Waals surface area contributed by atoms with Crippen molar-refractivity contribution >= 4 is 21.8 Å². The summed E-state index contributed by atoms with van der Waals surface area (Å²) >= 11 is 3.48. The third-order valence-corrected chi connectivity index (χ3v) is 4.78. The van der Waals surface area contributed by atoms with E-state index in [0.717, 1.165) is 15.8 Å². The van der Waals surface area contributed by atoms with Gasteiger partial charge < -0.3 is 14.8 Å². The van der Waals surface area contributed by atoms with E-state index in [1.165, 1.54) is 0 Å². The Morgan fingerprint density at radius 2 is 2.00 bits per heavy atom. The molecular formula is C21H17BrN2O3. The molecule has 6 heteroatoms. The number of hydrogen-bond acceptors (Lipinski definition) is 4. The van der Waals surface area contributed by atoms with Crippen molar-refractivity contribution < 1.29 is 14.3 Å². The van der Waals surface area contributed by atoms with Crippen molar-refractivity contribution in [1.29, 1.82) is 0 Å². The van der Waals surface area contributed by atoms with E-state index in [9.17, 15) is 4.79 Å². The lowest BCUT2D eigenvalue weighted by atomic mass is 10.00. The minimum absolute atomic E-state index is 0.136. The molecule has 0 saturated heterocycles. The molecule has 0 spiro atoms. The van der Waals surface area contributed by atoms with Crippen LogP contribution in [0.15, 0.2) is 71.3 Å². The molecule has 3 aromatic rings. The van der Waals surface area contributed by atoms with E-state index in [2.05, 4.69) is 26.2 Å². The summed E-state index contributed by atoms with van der Waals surface area (Å²) in [5.74, 6) is 1.47. The number of aromatic nitrogens is 1. The van der Waals surface area contributed by atoms with E-state index in [1.807, 2.05) is 48.5 Å². The lowest BCUT2D eigenvalue weighted by Crippen LogP contribution is -2.32. The maximum atomic E-state index is 12.9. The van der Waals surface area contributed by atoms with Crippen molar-refractivity contribution in [3.05, 3.63) is 82.5 Å². The molecule has 0 bridgehead atoms. The lowest BCUT2D eigenvalue weighted by Gasteiger charge is -2.27. The summed E-state index contributed by atoms with van der Waals surface area (Å²) in [7, 11) is 0. The van der Waals surface area contributed by atoms with Gasteiger partial charge in [0.15, 0.2) is 0 Å². The van der Waals surface area contributed by atoms with Crippen LogP contribution >= 0.6 is 15.9 Å². The van der Waals surface area contributed by atoms with Gasteiger partial charge in [-0.1, -0.05) is 34.1 Å². The van der Waals surface area contributed by atoms with Gasteiger partial charge in [-0.2, -0.15) is 0 Å². The quantitative estimate of drug-likeness (QED) is 0.647. The zero-order valence-electron chi connectivity index (χ0n) is 14.4. The molecule has 0 fully saturated rings. The van der Waals surface area contributed by atoms with Gasteiger partial charge in [0.05, 0.1) is 12.6 Å². The van der Waals surface area contributed by atoms with Gasteiger partial charge in [0.25, 0.3) is 5.91 Å². The summed E-state index contributed by atoms with van der Waals surface area (Å²) in [6.07, 6.45) is 2.31. The van der Waals surface area contributed by atoms with Crippen LogP contribution in [-0.2, 0) is 0 Å². The standard InChI is InChI=1S/C21H17BrN2O3/c22-14-8-9-19-17(13-14)18(10-12-26-19)24-20(25)16-7-4-11-23-21(16)27-15-5-2-1-3-6-15/h1-9,11,13,18H,10,12H2,(H,24,25). The number of nitrogens with one attached hydrogen (secondary N) is 1. The highest BCUT2D eigenvalue weighted by Gasteiger charge is 2.25. The average molecular weight is 425 g/mol. The lowest BCUT2D eigenvalue weighted by molar-refractivity contribution is 0.0922. The first-order valence-corrected chi connectivity index (χ1v) is 9.41. The second kappa shape index (κ2) is 7.80. The molecule has 1 N–H and O–H groups in total. The fraction of sp³-hybridized carbons (Fsp3) is 0.143. The van der Waals surface area contributed by atoms with Crippen LogP contribution < -0.4 is 14.8 Å². The molecule has 1 atom stereocenters. The number of fused-ring (bicyclic) bond motifs is 1. The molecule has 1 amide bonds. The SMILES string of the molecule is O=C(NC1CCOc2ccc(Br)cc21)c1cccnc1Oc1ccccc1. The summed E-state index contributed by atoms with van der Waals surface area (Å²) in [6.45, 7) is 0.556. The molecule has 27 heavy (non-hydrogen) atoms. The zero-order valence-corrected chi connectivity index (χ0v) is 16.0. The molecule has 1 aliphatic rings. The van der Waals surface area contributed by atoms with Gasteiger partial charge in [-0.25, -0.2) is 4.98 Å². The number of pyridine rings is 1. The highest BCUT2D eigenvalue weighted by Crippen LogP contribution is 2.34. The second-order valence-corrected chi connectivity index (χ2v) is 7.03. The predicted octanol–water partition coefficient (Wildman–Crippen LogP) is 4.89. The van der Waals surface area contributed by atoms with E-state index in [0.29, 0.717) is 24.3 Å². The fourth-order valence-electron chi connectivity index (χ4n) is 3.00. The molecule has 2 heterocycles. The third-order valence-electron chi connectivity index (χ3n) is 4.29. The first-order valence-electron chi connectivity index (χ1n) is 8.62. The summed E-state index contributed by atoms with van der Waals surface area (Å²) in [4.78, 5) is 17.2. The number of rotatable bonds is 4. The van der Waals surface area contributed by atoms with Crippen LogP contribution in [0.2, 0.25) is 0 Å². The minimum atomic E-state index is -0.230. The van der Waals surface area contributed by atoms with Crippen LogP contribution in [0.4, 0.5) is 0 Å². The highest BCUT2D eigenvalue weighted by atomic mass is 79.9. The molecule has 0 saturated carbocycles. The Labute approximate surface area is 165 Å². The summed E-state index contributed by atoms with van der Waals surface area (Å²) in [5, 5.41) is 3.08. The second-order valence-electron chi connectivity index (χ2n) is 6.12. The molecule has 1 aromatic heterocycles. The maximum absolute atomic E-state index is 12.9. The topological polar surface area (TPSA) is 60.5 Å². The maximum Gasteiger partial charge on any atom is 0.257 e. The van der Waals surface area contributed by atoms with E-state index < -0.39 is 0 Å². The largest absolute Gasteiger partial charge is 0.493 e. The van der Waals surface area contributed by atoms with Gasteiger partial charge in [0.1, 0.15) is 17.1 Å². The van der Waals surface area contributed by atoms with E-state index >= 15 is 0 Å². The molecule has 1 aliphatic heterocycles. The van der Waals surface area contributed by atoms with E-state index in [-0.39, 0.29) is 17.8 Å². The number of carbonyl (C=O) groups excluding carboxylic acids is 1. The first-order chi connectivity index (χ1) is 13.2. The molecular weight excluding hydrogens is 408 g/mol. The molecule has 0 aliphatic carbocycles. The molecule has 4 rings (SSSR count). The Balaban J connectivity index is 1.57. The summed E-state index contributed by atoms with van der Waals surface area (Å²) < 4.78 is 12.4. The minimum Gasteiger partial charge on any atom is -0.493 e. The van der Waals surface area contributed by atoms with Crippen LogP contribution in [0.25, 0.3) is 0 Å². The number of benzene rings is 2. The zero-order chi connectivity index (χ0) is 18.6. The fourth-order valence-corrected chi connectivity index (χ4v) is 3.38. The van der Waals surface area contributed by atoms with Crippen LogP contribution in [0.3, 0.4) is 0 Å². The Morgan fingerprint density at radius 1 is 1.15 bits per heavy atom. The third kappa shape index (κ3) is 3.95. The van der Waals surface area contributed by atoms with Crippen molar-refractivity contribution in [3.8, 4) is 17.4 Å². The Hall–Kier alpha value is -2.86. The Morgan fingerprint density at radius 3 is 2.85 bits per heavy atom. The Bertz CT molecular complexity index is 963. The van der Waals surface area contributed by atoms with E-state index in [4.69, 9.17) is 9.47 Å². The molecule has 0 radical (unpaired) electrons. The monoisotopic (exact) mass is 424 g/mol. The van der Waals surface area contributed by atoms with Gasteiger partial charge >= 0.3 is 0 Å².